The van der Waals surface area contributed by atoms with Gasteiger partial charge in [-0.1, -0.05) is 0 Å². The average Bonchev–Trinajstić information content (AvgIpc) is 2.47. The van der Waals surface area contributed by atoms with Gasteiger partial charge in [-0.2, -0.15) is 0 Å². The van der Waals surface area contributed by atoms with E-state index in [1.54, 1.807) is 25.7 Å². The van der Waals surface area contributed by atoms with Crippen LogP contribution in [0.4, 0.5) is 0 Å². The molecular weight excluding hydrogens is 316 g/mol. The Kier molecular flexibility index (Phi) is 6.08. The van der Waals surface area contributed by atoms with Crippen LogP contribution in [0.1, 0.15) is 33.6 Å². The SMILES string of the molecule is CC(C)(C)S(=O)(=O)CC(=O)N1CCN(CC2CCOCC2)CC1. The maximum atomic E-state index is 12.3. The summed E-state index contributed by atoms with van der Waals surface area (Å²) in [6.45, 7) is 10.6. The fourth-order valence-electron chi connectivity index (χ4n) is 2.94. The van der Waals surface area contributed by atoms with Gasteiger partial charge in [0, 0.05) is 45.9 Å². The highest BCUT2D eigenvalue weighted by atomic mass is 32.2. The normalized spacial score (nSPS) is 22.3. The maximum Gasteiger partial charge on any atom is 0.237 e. The van der Waals surface area contributed by atoms with Crippen molar-refractivity contribution in [3.8, 4) is 0 Å². The highest BCUT2D eigenvalue weighted by Gasteiger charge is 2.33. The van der Waals surface area contributed by atoms with E-state index in [1.165, 1.54) is 0 Å². The second-order valence-electron chi connectivity index (χ2n) is 7.61. The topological polar surface area (TPSA) is 66.9 Å². The van der Waals surface area contributed by atoms with Crippen molar-refractivity contribution in [1.29, 1.82) is 0 Å². The van der Waals surface area contributed by atoms with Crippen molar-refractivity contribution in [1.82, 2.24) is 9.80 Å². The average molecular weight is 346 g/mol. The van der Waals surface area contributed by atoms with Gasteiger partial charge in [-0.15, -0.1) is 0 Å². The number of piperazine rings is 1. The minimum atomic E-state index is -3.40. The molecule has 0 saturated carbocycles. The molecule has 0 aliphatic carbocycles. The molecule has 0 aromatic carbocycles. The molecule has 0 spiro atoms. The lowest BCUT2D eigenvalue weighted by molar-refractivity contribution is -0.130. The molecule has 2 aliphatic rings. The molecule has 2 saturated heterocycles. The minimum Gasteiger partial charge on any atom is -0.381 e. The van der Waals surface area contributed by atoms with E-state index < -0.39 is 14.6 Å². The van der Waals surface area contributed by atoms with E-state index in [2.05, 4.69) is 4.90 Å². The molecule has 2 rings (SSSR count). The minimum absolute atomic E-state index is 0.259. The Hall–Kier alpha value is -0.660. The Bertz CT molecular complexity index is 499. The van der Waals surface area contributed by atoms with Crippen molar-refractivity contribution in [2.45, 2.75) is 38.4 Å². The van der Waals surface area contributed by atoms with Crippen molar-refractivity contribution in [3.63, 3.8) is 0 Å². The number of amides is 1. The third kappa shape index (κ3) is 5.16. The van der Waals surface area contributed by atoms with Crippen LogP contribution in [0.5, 0.6) is 0 Å². The molecule has 1 amide bonds. The molecule has 0 aromatic heterocycles. The summed E-state index contributed by atoms with van der Waals surface area (Å²) in [4.78, 5) is 16.4. The highest BCUT2D eigenvalue weighted by Crippen LogP contribution is 2.19. The lowest BCUT2D eigenvalue weighted by Gasteiger charge is -2.37. The van der Waals surface area contributed by atoms with Crippen molar-refractivity contribution in [2.24, 2.45) is 5.92 Å². The van der Waals surface area contributed by atoms with E-state index in [0.717, 1.165) is 45.7 Å². The Morgan fingerprint density at radius 3 is 2.17 bits per heavy atom. The summed E-state index contributed by atoms with van der Waals surface area (Å²) in [7, 11) is -3.40. The number of sulfone groups is 1. The van der Waals surface area contributed by atoms with Gasteiger partial charge >= 0.3 is 0 Å². The molecule has 0 N–H and O–H groups in total. The van der Waals surface area contributed by atoms with Crippen LogP contribution in [-0.2, 0) is 19.4 Å². The Morgan fingerprint density at radius 1 is 1.09 bits per heavy atom. The van der Waals surface area contributed by atoms with E-state index in [0.29, 0.717) is 19.0 Å². The number of carbonyl (C=O) groups is 1. The number of nitrogens with zero attached hydrogens (tertiary/aromatic N) is 2. The van der Waals surface area contributed by atoms with E-state index >= 15 is 0 Å². The van der Waals surface area contributed by atoms with E-state index in [4.69, 9.17) is 4.74 Å². The fourth-order valence-corrected chi connectivity index (χ4v) is 3.89. The number of ether oxygens (including phenoxy) is 1. The molecule has 0 atom stereocenters. The summed E-state index contributed by atoms with van der Waals surface area (Å²) in [6.07, 6.45) is 2.23. The third-order valence-corrected chi connectivity index (χ3v) is 7.32. The van der Waals surface area contributed by atoms with Crippen molar-refractivity contribution < 1.29 is 17.9 Å². The monoisotopic (exact) mass is 346 g/mol. The predicted molar refractivity (Wildman–Crippen MR) is 90.1 cm³/mol. The van der Waals surface area contributed by atoms with Gasteiger partial charge < -0.3 is 9.64 Å². The smallest absolute Gasteiger partial charge is 0.237 e. The first-order chi connectivity index (χ1) is 10.7. The summed E-state index contributed by atoms with van der Waals surface area (Å²) in [5.41, 5.74) is 0. The van der Waals surface area contributed by atoms with Crippen LogP contribution in [0, 0.1) is 5.92 Å². The van der Waals surface area contributed by atoms with E-state index in [9.17, 15) is 13.2 Å². The molecule has 2 heterocycles. The van der Waals surface area contributed by atoms with Crippen molar-refractivity contribution >= 4 is 15.7 Å². The molecule has 134 valence electrons. The lowest BCUT2D eigenvalue weighted by Crippen LogP contribution is -2.52. The largest absolute Gasteiger partial charge is 0.381 e. The van der Waals surface area contributed by atoms with Crippen LogP contribution in [0.3, 0.4) is 0 Å². The fraction of sp³-hybridized carbons (Fsp3) is 0.938. The zero-order chi connectivity index (χ0) is 17.1. The molecule has 2 fully saturated rings. The first-order valence-electron chi connectivity index (χ1n) is 8.49. The van der Waals surface area contributed by atoms with Crippen LogP contribution >= 0.6 is 0 Å². The molecule has 0 bridgehead atoms. The summed E-state index contributed by atoms with van der Waals surface area (Å²) in [6, 6.07) is 0. The zero-order valence-electron chi connectivity index (χ0n) is 14.6. The van der Waals surface area contributed by atoms with Crippen molar-refractivity contribution in [3.05, 3.63) is 0 Å². The molecule has 0 radical (unpaired) electrons. The van der Waals surface area contributed by atoms with Gasteiger partial charge in [0.2, 0.25) is 5.91 Å². The summed E-state index contributed by atoms with van der Waals surface area (Å²) in [5, 5.41) is 0. The van der Waals surface area contributed by atoms with E-state index in [1.807, 2.05) is 0 Å². The molecule has 6 nitrogen and oxygen atoms in total. The first kappa shape index (κ1) is 18.7. The van der Waals surface area contributed by atoms with Crippen LogP contribution in [-0.4, -0.2) is 80.6 Å². The highest BCUT2D eigenvalue weighted by molar-refractivity contribution is 7.93. The first-order valence-corrected chi connectivity index (χ1v) is 10.1. The second-order valence-corrected chi connectivity index (χ2v) is 10.4. The van der Waals surface area contributed by atoms with E-state index in [-0.39, 0.29) is 11.7 Å². The predicted octanol–water partition coefficient (Wildman–Crippen LogP) is 0.771. The van der Waals surface area contributed by atoms with Gasteiger partial charge in [0.1, 0.15) is 5.75 Å². The maximum absolute atomic E-state index is 12.3. The van der Waals surface area contributed by atoms with Crippen molar-refractivity contribution in [2.75, 3.05) is 51.7 Å². The number of hydrogen-bond acceptors (Lipinski definition) is 5. The molecule has 0 unspecified atom stereocenters. The molecule has 7 heteroatoms. The summed E-state index contributed by atoms with van der Waals surface area (Å²) >= 11 is 0. The van der Waals surface area contributed by atoms with Gasteiger partial charge in [-0.25, -0.2) is 8.42 Å². The lowest BCUT2D eigenvalue weighted by atomic mass is 9.99. The Balaban J connectivity index is 1.78. The number of hydrogen-bond donors (Lipinski definition) is 0. The summed E-state index contributed by atoms with van der Waals surface area (Å²) in [5.74, 6) is 0.0501. The van der Waals surface area contributed by atoms with Crippen LogP contribution in [0.15, 0.2) is 0 Å². The summed E-state index contributed by atoms with van der Waals surface area (Å²) < 4.78 is 28.8. The second kappa shape index (κ2) is 7.49. The Labute approximate surface area is 140 Å². The van der Waals surface area contributed by atoms with Crippen LogP contribution in [0.25, 0.3) is 0 Å². The molecular formula is C16H30N2O4S. The van der Waals surface area contributed by atoms with Gasteiger partial charge in [0.05, 0.1) is 4.75 Å². The van der Waals surface area contributed by atoms with Crippen LogP contribution in [0.2, 0.25) is 0 Å². The third-order valence-electron chi connectivity index (χ3n) is 4.83. The molecule has 2 aliphatic heterocycles. The molecule has 0 aromatic rings. The number of carbonyl (C=O) groups excluding carboxylic acids is 1. The van der Waals surface area contributed by atoms with Gasteiger partial charge in [-0.3, -0.25) is 9.69 Å². The van der Waals surface area contributed by atoms with Gasteiger partial charge in [0.15, 0.2) is 9.84 Å². The number of rotatable bonds is 4. The zero-order valence-corrected chi connectivity index (χ0v) is 15.4. The molecule has 23 heavy (non-hydrogen) atoms. The van der Waals surface area contributed by atoms with Gasteiger partial charge in [-0.05, 0) is 39.5 Å². The van der Waals surface area contributed by atoms with Gasteiger partial charge in [0.25, 0.3) is 0 Å². The quantitative estimate of drug-likeness (QED) is 0.752. The Morgan fingerprint density at radius 2 is 1.65 bits per heavy atom. The standard InChI is InChI=1S/C16H30N2O4S/c1-16(2,3)23(20,21)13-15(19)18-8-6-17(7-9-18)12-14-4-10-22-11-5-14/h14H,4-13H2,1-3H3. The van der Waals surface area contributed by atoms with Crippen LogP contribution < -0.4 is 0 Å².